The minimum atomic E-state index is -0.0137. The summed E-state index contributed by atoms with van der Waals surface area (Å²) < 4.78 is 0. The molecule has 0 spiro atoms. The van der Waals surface area contributed by atoms with Crippen molar-refractivity contribution in [2.45, 2.75) is 13.0 Å². The summed E-state index contributed by atoms with van der Waals surface area (Å²) in [6.45, 7) is 1.14. The molecule has 1 aromatic heterocycles. The quantitative estimate of drug-likeness (QED) is 0.813. The van der Waals surface area contributed by atoms with Gasteiger partial charge < -0.3 is 4.90 Å². The third-order valence-electron chi connectivity index (χ3n) is 3.29. The molecule has 3 rings (SSSR count). The number of rotatable bonds is 1. The predicted molar refractivity (Wildman–Crippen MR) is 76.9 cm³/mol. The van der Waals surface area contributed by atoms with Gasteiger partial charge in [-0.15, -0.1) is 5.10 Å². The Morgan fingerprint density at radius 2 is 1.90 bits per heavy atom. The first-order chi connectivity index (χ1) is 9.63. The molecule has 1 amide bonds. The van der Waals surface area contributed by atoms with Crippen molar-refractivity contribution >= 4 is 29.1 Å². The first-order valence-corrected chi connectivity index (χ1v) is 6.95. The Kier molecular flexibility index (Phi) is 3.59. The molecule has 1 aliphatic rings. The molecule has 0 saturated carbocycles. The van der Waals surface area contributed by atoms with Gasteiger partial charge in [-0.2, -0.15) is 5.10 Å². The fraction of sp³-hybridized carbons (Fsp3) is 0.214. The Bertz CT molecular complexity index is 658. The maximum Gasteiger partial charge on any atom is 0.254 e. The third kappa shape index (κ3) is 2.62. The lowest BCUT2D eigenvalue weighted by Gasteiger charge is -2.28. The summed E-state index contributed by atoms with van der Waals surface area (Å²) in [5.41, 5.74) is 2.50. The molecule has 0 bridgehead atoms. The van der Waals surface area contributed by atoms with Crippen LogP contribution in [0.4, 0.5) is 0 Å². The second-order valence-corrected chi connectivity index (χ2v) is 5.45. The van der Waals surface area contributed by atoms with Crippen LogP contribution in [-0.2, 0) is 13.0 Å². The number of fused-ring (bicyclic) bond motifs is 1. The normalized spacial score (nSPS) is 14.0. The number of hydrogen-bond acceptors (Lipinski definition) is 3. The van der Waals surface area contributed by atoms with Gasteiger partial charge in [-0.3, -0.25) is 4.79 Å². The van der Waals surface area contributed by atoms with Gasteiger partial charge in [0.1, 0.15) is 0 Å². The van der Waals surface area contributed by atoms with Crippen molar-refractivity contribution in [2.75, 3.05) is 6.54 Å². The van der Waals surface area contributed by atoms with Gasteiger partial charge in [-0.25, -0.2) is 0 Å². The van der Waals surface area contributed by atoms with Crippen molar-refractivity contribution < 1.29 is 4.79 Å². The molecular weight excluding hydrogens is 297 g/mol. The topological polar surface area (TPSA) is 46.1 Å². The molecule has 0 atom stereocenters. The zero-order chi connectivity index (χ0) is 14.1. The fourth-order valence-electron chi connectivity index (χ4n) is 2.25. The minimum Gasteiger partial charge on any atom is -0.334 e. The summed E-state index contributed by atoms with van der Waals surface area (Å²) >= 11 is 11.7. The molecule has 0 saturated heterocycles. The summed E-state index contributed by atoms with van der Waals surface area (Å²) in [6, 6.07) is 8.67. The average Bonchev–Trinajstić information content (AvgIpc) is 2.46. The Morgan fingerprint density at radius 3 is 2.65 bits per heavy atom. The number of halogens is 2. The molecule has 1 aromatic carbocycles. The lowest BCUT2D eigenvalue weighted by atomic mass is 10.1. The van der Waals surface area contributed by atoms with E-state index in [0.717, 1.165) is 11.3 Å². The van der Waals surface area contributed by atoms with E-state index < -0.39 is 0 Å². The zero-order valence-corrected chi connectivity index (χ0v) is 12.0. The lowest BCUT2D eigenvalue weighted by molar-refractivity contribution is 0.0733. The number of benzene rings is 1. The van der Waals surface area contributed by atoms with E-state index in [4.69, 9.17) is 23.2 Å². The van der Waals surface area contributed by atoms with E-state index in [1.807, 2.05) is 0 Å². The van der Waals surface area contributed by atoms with E-state index >= 15 is 0 Å². The third-order valence-corrected chi connectivity index (χ3v) is 3.73. The molecule has 2 heterocycles. The van der Waals surface area contributed by atoms with Gasteiger partial charge in [0, 0.05) is 30.1 Å². The van der Waals surface area contributed by atoms with E-state index in [1.54, 1.807) is 35.2 Å². The van der Waals surface area contributed by atoms with Crippen molar-refractivity contribution in [3.8, 4) is 0 Å². The van der Waals surface area contributed by atoms with Crippen LogP contribution in [0.1, 0.15) is 21.6 Å². The van der Waals surface area contributed by atoms with Gasteiger partial charge in [-0.05, 0) is 35.9 Å². The summed E-state index contributed by atoms with van der Waals surface area (Å²) in [4.78, 5) is 14.2. The van der Waals surface area contributed by atoms with Crippen molar-refractivity contribution in [3.05, 3.63) is 57.3 Å². The molecule has 0 fully saturated rings. The van der Waals surface area contributed by atoms with E-state index in [0.29, 0.717) is 35.2 Å². The van der Waals surface area contributed by atoms with Gasteiger partial charge in [0.15, 0.2) is 5.15 Å². The van der Waals surface area contributed by atoms with Crippen LogP contribution in [0, 0.1) is 0 Å². The standard InChI is InChI=1S/C14H11Cl2N3O/c15-11-3-1-9(2-4-11)14(20)19-6-5-12-10(8-19)7-13(16)18-17-12/h1-4,7H,5-6,8H2. The summed E-state index contributed by atoms with van der Waals surface area (Å²) in [6.07, 6.45) is 0.693. The van der Waals surface area contributed by atoms with Crippen LogP contribution in [0.2, 0.25) is 10.2 Å². The summed E-state index contributed by atoms with van der Waals surface area (Å²) in [7, 11) is 0. The average molecular weight is 308 g/mol. The molecule has 6 heteroatoms. The Morgan fingerprint density at radius 1 is 1.15 bits per heavy atom. The van der Waals surface area contributed by atoms with Gasteiger partial charge >= 0.3 is 0 Å². The Labute approximate surface area is 126 Å². The molecule has 2 aromatic rings. The number of nitrogens with zero attached hydrogens (tertiary/aromatic N) is 3. The van der Waals surface area contributed by atoms with Gasteiger partial charge in [-0.1, -0.05) is 23.2 Å². The number of hydrogen-bond donors (Lipinski definition) is 0. The van der Waals surface area contributed by atoms with Crippen molar-refractivity contribution in [1.29, 1.82) is 0 Å². The molecular formula is C14H11Cl2N3O. The summed E-state index contributed by atoms with van der Waals surface area (Å²) in [5, 5.41) is 8.86. The highest BCUT2D eigenvalue weighted by Crippen LogP contribution is 2.21. The number of carbonyl (C=O) groups excluding carboxylic acids is 1. The maximum absolute atomic E-state index is 12.4. The molecule has 0 unspecified atom stereocenters. The maximum atomic E-state index is 12.4. The first-order valence-electron chi connectivity index (χ1n) is 6.19. The van der Waals surface area contributed by atoms with E-state index in [2.05, 4.69) is 10.2 Å². The monoisotopic (exact) mass is 307 g/mol. The molecule has 0 N–H and O–H groups in total. The fourth-order valence-corrected chi connectivity index (χ4v) is 2.55. The largest absolute Gasteiger partial charge is 0.334 e. The van der Waals surface area contributed by atoms with Crippen LogP contribution in [0.5, 0.6) is 0 Å². The van der Waals surface area contributed by atoms with Crippen LogP contribution in [0.25, 0.3) is 0 Å². The highest BCUT2D eigenvalue weighted by Gasteiger charge is 2.23. The van der Waals surface area contributed by atoms with Crippen LogP contribution in [0.15, 0.2) is 30.3 Å². The Hall–Kier alpha value is -1.65. The van der Waals surface area contributed by atoms with Gasteiger partial charge in [0.05, 0.1) is 5.69 Å². The second-order valence-electron chi connectivity index (χ2n) is 4.62. The summed E-state index contributed by atoms with van der Waals surface area (Å²) in [5.74, 6) is -0.0137. The molecule has 102 valence electrons. The second kappa shape index (κ2) is 5.38. The van der Waals surface area contributed by atoms with E-state index in [-0.39, 0.29) is 5.91 Å². The van der Waals surface area contributed by atoms with E-state index in [1.165, 1.54) is 0 Å². The smallest absolute Gasteiger partial charge is 0.254 e. The van der Waals surface area contributed by atoms with E-state index in [9.17, 15) is 4.79 Å². The minimum absolute atomic E-state index is 0.0137. The van der Waals surface area contributed by atoms with Gasteiger partial charge in [0.25, 0.3) is 5.91 Å². The number of carbonyl (C=O) groups is 1. The highest BCUT2D eigenvalue weighted by molar-refractivity contribution is 6.30. The predicted octanol–water partition coefficient (Wildman–Crippen LogP) is 2.98. The Balaban J connectivity index is 1.82. The van der Waals surface area contributed by atoms with Gasteiger partial charge in [0.2, 0.25) is 0 Å². The van der Waals surface area contributed by atoms with Crippen molar-refractivity contribution in [3.63, 3.8) is 0 Å². The van der Waals surface area contributed by atoms with Crippen LogP contribution in [0.3, 0.4) is 0 Å². The molecule has 0 radical (unpaired) electrons. The van der Waals surface area contributed by atoms with Crippen molar-refractivity contribution in [1.82, 2.24) is 15.1 Å². The van der Waals surface area contributed by atoms with Crippen molar-refractivity contribution in [2.24, 2.45) is 0 Å². The molecule has 4 nitrogen and oxygen atoms in total. The number of amides is 1. The highest BCUT2D eigenvalue weighted by atomic mass is 35.5. The van der Waals surface area contributed by atoms with Crippen LogP contribution >= 0.6 is 23.2 Å². The molecule has 0 aliphatic carbocycles. The molecule has 1 aliphatic heterocycles. The zero-order valence-electron chi connectivity index (χ0n) is 10.5. The molecule has 20 heavy (non-hydrogen) atoms. The lowest BCUT2D eigenvalue weighted by Crippen LogP contribution is -2.36. The SMILES string of the molecule is O=C(c1ccc(Cl)cc1)N1CCc2nnc(Cl)cc2C1. The number of aromatic nitrogens is 2. The first kappa shape index (κ1) is 13.3. The van der Waals surface area contributed by atoms with Crippen LogP contribution in [-0.4, -0.2) is 27.5 Å². The van der Waals surface area contributed by atoms with Crippen LogP contribution < -0.4 is 0 Å².